The fourth-order valence-electron chi connectivity index (χ4n) is 1.81. The van der Waals surface area contributed by atoms with Gasteiger partial charge in [0.25, 0.3) is 5.69 Å². The molecule has 0 saturated carbocycles. The topological polar surface area (TPSA) is 66.6 Å². The molecular formula is C13H19ClN2O3. The molecule has 0 unspecified atom stereocenters. The molecule has 0 amide bonds. The van der Waals surface area contributed by atoms with Crippen molar-refractivity contribution in [1.82, 2.24) is 4.90 Å². The van der Waals surface area contributed by atoms with E-state index in [1.165, 1.54) is 12.1 Å². The summed E-state index contributed by atoms with van der Waals surface area (Å²) in [6, 6.07) is 4.75. The maximum absolute atomic E-state index is 10.8. The van der Waals surface area contributed by atoms with Crippen LogP contribution in [0, 0.1) is 10.1 Å². The van der Waals surface area contributed by atoms with Crippen LogP contribution in [0.5, 0.6) is 0 Å². The molecule has 0 aliphatic rings. The zero-order chi connectivity index (χ0) is 14.4. The standard InChI is InChI=1S/C13H19ClN2O3/c1-10(2)15(6-3-7-17)9-11-8-12(16(18)19)4-5-13(11)14/h4-5,8,10,17H,3,6-7,9H2,1-2H3. The van der Waals surface area contributed by atoms with Crippen LogP contribution in [0.4, 0.5) is 5.69 Å². The normalized spacial score (nSPS) is 11.3. The average Bonchev–Trinajstić information content (AvgIpc) is 2.35. The lowest BCUT2D eigenvalue weighted by Crippen LogP contribution is -2.31. The number of nitro groups is 1. The summed E-state index contributed by atoms with van der Waals surface area (Å²) in [4.78, 5) is 12.5. The van der Waals surface area contributed by atoms with Crippen molar-refractivity contribution in [2.24, 2.45) is 0 Å². The van der Waals surface area contributed by atoms with Crippen LogP contribution in [0.2, 0.25) is 5.02 Å². The maximum Gasteiger partial charge on any atom is 0.269 e. The fourth-order valence-corrected chi connectivity index (χ4v) is 1.99. The van der Waals surface area contributed by atoms with Gasteiger partial charge < -0.3 is 5.11 Å². The predicted octanol–water partition coefficient (Wildman–Crippen LogP) is 2.84. The number of aliphatic hydroxyl groups is 1. The summed E-state index contributed by atoms with van der Waals surface area (Å²) < 4.78 is 0. The Bertz CT molecular complexity index is 438. The first kappa shape index (κ1) is 15.9. The summed E-state index contributed by atoms with van der Waals surface area (Å²) in [6.07, 6.45) is 0.671. The zero-order valence-electron chi connectivity index (χ0n) is 11.2. The van der Waals surface area contributed by atoms with Gasteiger partial charge in [0.1, 0.15) is 0 Å². The zero-order valence-corrected chi connectivity index (χ0v) is 11.9. The molecule has 0 saturated heterocycles. The van der Waals surface area contributed by atoms with Gasteiger partial charge in [-0.05, 0) is 31.9 Å². The minimum Gasteiger partial charge on any atom is -0.396 e. The van der Waals surface area contributed by atoms with E-state index in [0.717, 1.165) is 12.1 Å². The summed E-state index contributed by atoms with van der Waals surface area (Å²) in [6.45, 7) is 5.49. The maximum atomic E-state index is 10.8. The Morgan fingerprint density at radius 2 is 2.16 bits per heavy atom. The van der Waals surface area contributed by atoms with Crippen LogP contribution in [-0.4, -0.2) is 34.1 Å². The van der Waals surface area contributed by atoms with Crippen molar-refractivity contribution in [2.45, 2.75) is 32.9 Å². The molecule has 0 spiro atoms. The van der Waals surface area contributed by atoms with Gasteiger partial charge in [-0.25, -0.2) is 0 Å². The quantitative estimate of drug-likeness (QED) is 0.618. The number of aliphatic hydroxyl groups excluding tert-OH is 1. The van der Waals surface area contributed by atoms with Crippen molar-refractivity contribution in [3.63, 3.8) is 0 Å². The van der Waals surface area contributed by atoms with Gasteiger partial charge in [0, 0.05) is 42.9 Å². The molecule has 0 heterocycles. The highest BCUT2D eigenvalue weighted by Gasteiger charge is 2.15. The number of hydrogen-bond acceptors (Lipinski definition) is 4. The number of hydrogen-bond donors (Lipinski definition) is 1. The van der Waals surface area contributed by atoms with Crippen molar-refractivity contribution >= 4 is 17.3 Å². The first-order chi connectivity index (χ1) is 8.95. The lowest BCUT2D eigenvalue weighted by molar-refractivity contribution is -0.384. The minimum atomic E-state index is -0.423. The first-order valence-electron chi connectivity index (χ1n) is 6.23. The van der Waals surface area contributed by atoms with Crippen LogP contribution in [0.3, 0.4) is 0 Å². The minimum absolute atomic E-state index is 0.0465. The average molecular weight is 287 g/mol. The Balaban J connectivity index is 2.88. The number of rotatable bonds is 7. The highest BCUT2D eigenvalue weighted by Crippen LogP contribution is 2.24. The van der Waals surface area contributed by atoms with E-state index in [4.69, 9.17) is 16.7 Å². The molecule has 6 heteroatoms. The lowest BCUT2D eigenvalue weighted by Gasteiger charge is -2.26. The van der Waals surface area contributed by atoms with Gasteiger partial charge in [-0.15, -0.1) is 0 Å². The lowest BCUT2D eigenvalue weighted by atomic mass is 10.1. The van der Waals surface area contributed by atoms with E-state index < -0.39 is 4.92 Å². The molecule has 0 fully saturated rings. The van der Waals surface area contributed by atoms with Gasteiger partial charge in [0.15, 0.2) is 0 Å². The largest absolute Gasteiger partial charge is 0.396 e. The summed E-state index contributed by atoms with van der Waals surface area (Å²) in [5.41, 5.74) is 0.785. The van der Waals surface area contributed by atoms with Crippen molar-refractivity contribution < 1.29 is 10.0 Å². The fraction of sp³-hybridized carbons (Fsp3) is 0.538. The molecule has 1 aromatic carbocycles. The molecule has 0 aliphatic carbocycles. The molecule has 0 atom stereocenters. The van der Waals surface area contributed by atoms with Gasteiger partial charge >= 0.3 is 0 Å². The second kappa shape index (κ2) is 7.43. The molecule has 1 rings (SSSR count). The summed E-state index contributed by atoms with van der Waals surface area (Å²) >= 11 is 6.09. The predicted molar refractivity (Wildman–Crippen MR) is 75.4 cm³/mol. The molecule has 0 aliphatic heterocycles. The Morgan fingerprint density at radius 1 is 1.47 bits per heavy atom. The summed E-state index contributed by atoms with van der Waals surface area (Å²) in [7, 11) is 0. The molecule has 0 radical (unpaired) electrons. The number of nitro benzene ring substituents is 1. The summed E-state index contributed by atoms with van der Waals surface area (Å²) in [5.74, 6) is 0. The Hall–Kier alpha value is -1.17. The third-order valence-electron chi connectivity index (χ3n) is 2.95. The Labute approximate surface area is 117 Å². The number of halogens is 1. The first-order valence-corrected chi connectivity index (χ1v) is 6.61. The van der Waals surface area contributed by atoms with Crippen LogP contribution in [0.15, 0.2) is 18.2 Å². The number of benzene rings is 1. The van der Waals surface area contributed by atoms with Crippen molar-refractivity contribution in [3.8, 4) is 0 Å². The van der Waals surface area contributed by atoms with Crippen molar-refractivity contribution in [3.05, 3.63) is 38.9 Å². The van der Waals surface area contributed by atoms with E-state index in [0.29, 0.717) is 18.0 Å². The molecule has 5 nitrogen and oxygen atoms in total. The monoisotopic (exact) mass is 286 g/mol. The molecule has 0 bridgehead atoms. The van der Waals surface area contributed by atoms with Gasteiger partial charge in [0.05, 0.1) is 4.92 Å². The second-order valence-corrected chi connectivity index (χ2v) is 5.08. The van der Waals surface area contributed by atoms with Gasteiger partial charge in [-0.2, -0.15) is 0 Å². The third kappa shape index (κ3) is 4.78. The van der Waals surface area contributed by atoms with Crippen LogP contribution in [-0.2, 0) is 6.54 Å². The number of nitrogens with zero attached hydrogens (tertiary/aromatic N) is 2. The third-order valence-corrected chi connectivity index (χ3v) is 3.32. The van der Waals surface area contributed by atoms with E-state index in [2.05, 4.69) is 4.90 Å². The van der Waals surface area contributed by atoms with Gasteiger partial charge in [-0.3, -0.25) is 15.0 Å². The van der Waals surface area contributed by atoms with Crippen molar-refractivity contribution in [2.75, 3.05) is 13.2 Å². The SMILES string of the molecule is CC(C)N(CCCO)Cc1cc([N+](=O)[O-])ccc1Cl. The molecule has 1 N–H and O–H groups in total. The van der Waals surface area contributed by atoms with Gasteiger partial charge in [0.2, 0.25) is 0 Å². The van der Waals surface area contributed by atoms with Crippen LogP contribution >= 0.6 is 11.6 Å². The molecule has 0 aromatic heterocycles. The highest BCUT2D eigenvalue weighted by molar-refractivity contribution is 6.31. The number of non-ortho nitro benzene ring substituents is 1. The highest BCUT2D eigenvalue weighted by atomic mass is 35.5. The molecule has 1 aromatic rings. The van der Waals surface area contributed by atoms with E-state index in [1.54, 1.807) is 6.07 Å². The van der Waals surface area contributed by atoms with E-state index >= 15 is 0 Å². The van der Waals surface area contributed by atoms with Crippen LogP contribution in [0.25, 0.3) is 0 Å². The van der Waals surface area contributed by atoms with E-state index in [9.17, 15) is 10.1 Å². The smallest absolute Gasteiger partial charge is 0.269 e. The van der Waals surface area contributed by atoms with Crippen molar-refractivity contribution in [1.29, 1.82) is 0 Å². The Morgan fingerprint density at radius 3 is 2.68 bits per heavy atom. The van der Waals surface area contributed by atoms with Crippen LogP contribution < -0.4 is 0 Å². The van der Waals surface area contributed by atoms with E-state index in [-0.39, 0.29) is 18.3 Å². The van der Waals surface area contributed by atoms with Crippen LogP contribution in [0.1, 0.15) is 25.8 Å². The molecule has 19 heavy (non-hydrogen) atoms. The molecular weight excluding hydrogens is 268 g/mol. The van der Waals surface area contributed by atoms with Gasteiger partial charge in [-0.1, -0.05) is 11.6 Å². The Kier molecular flexibility index (Phi) is 6.21. The van der Waals surface area contributed by atoms with E-state index in [1.807, 2.05) is 13.8 Å². The summed E-state index contributed by atoms with van der Waals surface area (Å²) in [5, 5.41) is 20.2. The molecule has 106 valence electrons. The second-order valence-electron chi connectivity index (χ2n) is 4.67.